The predicted octanol–water partition coefficient (Wildman–Crippen LogP) is 3.05. The number of fused-ring (bicyclic) bond motifs is 1. The Labute approximate surface area is 178 Å². The van der Waals surface area contributed by atoms with Gasteiger partial charge in [-0.15, -0.1) is 11.8 Å². The van der Waals surface area contributed by atoms with E-state index < -0.39 is 11.6 Å². The molecule has 8 heteroatoms. The third-order valence-electron chi connectivity index (χ3n) is 5.43. The Morgan fingerprint density at radius 1 is 1.20 bits per heavy atom. The molecule has 2 aliphatic rings. The highest BCUT2D eigenvalue weighted by molar-refractivity contribution is 8.03. The van der Waals surface area contributed by atoms with Crippen LogP contribution in [0.1, 0.15) is 23.5 Å². The largest absolute Gasteiger partial charge is 0.508 e. The first-order chi connectivity index (χ1) is 14.4. The van der Waals surface area contributed by atoms with Crippen LogP contribution in [0, 0.1) is 11.3 Å². The molecule has 4 rings (SSSR count). The number of hydrogen-bond acceptors (Lipinski definition) is 7. The monoisotopic (exact) mass is 424 g/mol. The van der Waals surface area contributed by atoms with Crippen molar-refractivity contribution >= 4 is 17.7 Å². The fourth-order valence-electron chi connectivity index (χ4n) is 3.95. The molecule has 30 heavy (non-hydrogen) atoms. The zero-order valence-electron chi connectivity index (χ0n) is 16.5. The van der Waals surface area contributed by atoms with E-state index in [1.807, 2.05) is 0 Å². The number of nitrogens with zero attached hydrogens (tertiary/aromatic N) is 2. The van der Waals surface area contributed by atoms with Gasteiger partial charge in [-0.05, 0) is 29.8 Å². The summed E-state index contributed by atoms with van der Waals surface area (Å²) in [6, 6.07) is 13.8. The number of amides is 1. The van der Waals surface area contributed by atoms with Gasteiger partial charge in [0.2, 0.25) is 5.91 Å². The van der Waals surface area contributed by atoms with Gasteiger partial charge in [-0.3, -0.25) is 9.69 Å². The van der Waals surface area contributed by atoms with E-state index in [0.717, 1.165) is 0 Å². The Bertz CT molecular complexity index is 1090. The maximum Gasteiger partial charge on any atom is 0.231 e. The number of benzene rings is 2. The minimum Gasteiger partial charge on any atom is -0.508 e. The van der Waals surface area contributed by atoms with Crippen LogP contribution in [0.25, 0.3) is 0 Å². The summed E-state index contributed by atoms with van der Waals surface area (Å²) in [6.45, 7) is 0. The first-order valence-electron chi connectivity index (χ1n) is 9.27. The molecule has 7 nitrogen and oxygen atoms in total. The zero-order chi connectivity index (χ0) is 21.5. The number of hydrogen-bond donors (Lipinski definition) is 2. The summed E-state index contributed by atoms with van der Waals surface area (Å²) in [6.07, 6.45) is 0.0198. The molecule has 0 aromatic heterocycles. The zero-order valence-corrected chi connectivity index (χ0v) is 17.3. The van der Waals surface area contributed by atoms with Crippen LogP contribution in [0.15, 0.2) is 53.1 Å². The fourth-order valence-corrected chi connectivity index (χ4v) is 5.31. The average Bonchev–Trinajstić information content (AvgIpc) is 3.12. The van der Waals surface area contributed by atoms with Crippen LogP contribution in [0.4, 0.5) is 0 Å². The molecule has 154 valence electrons. The van der Waals surface area contributed by atoms with E-state index in [4.69, 9.17) is 9.47 Å². The third-order valence-corrected chi connectivity index (χ3v) is 6.65. The molecular formula is C22H20N2O5S. The Hall–Kier alpha value is -3.15. The molecule has 2 unspecified atom stereocenters. The Morgan fingerprint density at radius 2 is 1.97 bits per heavy atom. The lowest BCUT2D eigenvalue weighted by Crippen LogP contribution is -2.48. The maximum absolute atomic E-state index is 13.2. The van der Waals surface area contributed by atoms with Crippen LogP contribution < -0.4 is 9.47 Å². The highest BCUT2D eigenvalue weighted by Gasteiger charge is 2.52. The summed E-state index contributed by atoms with van der Waals surface area (Å²) >= 11 is 1.27. The van der Waals surface area contributed by atoms with Gasteiger partial charge in [0.15, 0.2) is 17.2 Å². The second kappa shape index (κ2) is 7.59. The summed E-state index contributed by atoms with van der Waals surface area (Å²) in [4.78, 5) is 14.5. The van der Waals surface area contributed by atoms with E-state index in [1.165, 1.54) is 30.9 Å². The lowest BCUT2D eigenvalue weighted by atomic mass is 9.85. The number of rotatable bonds is 4. The second-order valence-corrected chi connectivity index (χ2v) is 8.05. The molecule has 2 aromatic carbocycles. The minimum absolute atomic E-state index is 0.0198. The normalized spacial score (nSPS) is 23.2. The number of methoxy groups -OCH3 is 2. The van der Waals surface area contributed by atoms with Crippen molar-refractivity contribution in [3.8, 4) is 23.3 Å². The molecule has 2 aliphatic heterocycles. The van der Waals surface area contributed by atoms with Gasteiger partial charge in [0, 0.05) is 17.9 Å². The molecule has 2 atom stereocenters. The number of aliphatic hydroxyl groups is 1. The van der Waals surface area contributed by atoms with Gasteiger partial charge < -0.3 is 19.7 Å². The van der Waals surface area contributed by atoms with Crippen LogP contribution in [0.2, 0.25) is 0 Å². The van der Waals surface area contributed by atoms with Gasteiger partial charge in [-0.2, -0.15) is 5.26 Å². The fraction of sp³-hybridized carbons (Fsp3) is 0.273. The Balaban J connectivity index is 1.80. The summed E-state index contributed by atoms with van der Waals surface area (Å²) in [5.41, 5.74) is -0.0392. The van der Waals surface area contributed by atoms with Gasteiger partial charge >= 0.3 is 0 Å². The molecular weight excluding hydrogens is 404 g/mol. The van der Waals surface area contributed by atoms with Gasteiger partial charge in [0.1, 0.15) is 5.75 Å². The number of nitriles is 1. The van der Waals surface area contributed by atoms with Gasteiger partial charge in [0.25, 0.3) is 0 Å². The number of ether oxygens (including phenoxy) is 2. The highest BCUT2D eigenvalue weighted by atomic mass is 32.2. The van der Waals surface area contributed by atoms with E-state index in [1.54, 1.807) is 42.5 Å². The molecule has 0 saturated carbocycles. The van der Waals surface area contributed by atoms with Crippen LogP contribution in [0.3, 0.4) is 0 Å². The van der Waals surface area contributed by atoms with Crippen LogP contribution in [-0.2, 0) is 10.5 Å². The Morgan fingerprint density at radius 3 is 2.63 bits per heavy atom. The molecule has 1 saturated heterocycles. The van der Waals surface area contributed by atoms with Gasteiger partial charge in [0.05, 0.1) is 36.6 Å². The average molecular weight is 424 g/mol. The smallest absolute Gasteiger partial charge is 0.231 e. The minimum atomic E-state index is -1.61. The molecule has 1 fully saturated rings. The predicted molar refractivity (Wildman–Crippen MR) is 111 cm³/mol. The van der Waals surface area contributed by atoms with Crippen molar-refractivity contribution in [3.05, 3.63) is 64.2 Å². The number of phenolic OH excluding ortho intramolecular Hbond substituents is 1. The van der Waals surface area contributed by atoms with Crippen LogP contribution >= 0.6 is 11.8 Å². The molecule has 2 N–H and O–H groups in total. The number of thioether (sulfide) groups is 1. The van der Waals surface area contributed by atoms with Crippen molar-refractivity contribution in [2.75, 3.05) is 20.0 Å². The molecule has 0 spiro atoms. The Kier molecular flexibility index (Phi) is 5.10. The number of carbonyl (C=O) groups is 1. The van der Waals surface area contributed by atoms with Crippen molar-refractivity contribution in [2.45, 2.75) is 18.1 Å². The summed E-state index contributed by atoms with van der Waals surface area (Å²) in [5.74, 6) is 0.444. The van der Waals surface area contributed by atoms with Crippen molar-refractivity contribution < 1.29 is 24.5 Å². The summed E-state index contributed by atoms with van der Waals surface area (Å²) < 4.78 is 10.6. The number of phenols is 1. The summed E-state index contributed by atoms with van der Waals surface area (Å²) in [7, 11) is 3.02. The van der Waals surface area contributed by atoms with Gasteiger partial charge in [-0.25, -0.2) is 0 Å². The van der Waals surface area contributed by atoms with E-state index in [9.17, 15) is 20.3 Å². The quantitative estimate of drug-likeness (QED) is 0.778. The molecule has 0 aliphatic carbocycles. The maximum atomic E-state index is 13.2. The molecule has 1 amide bonds. The first kappa shape index (κ1) is 20.1. The topological polar surface area (TPSA) is 103 Å². The standard InChI is InChI=1S/C22H20N2O5S/c1-28-18-7-6-14(9-19(18)29-2)22(27)12-30-21-17(11-23)16(10-20(26)24(21)22)13-4-3-5-15(25)8-13/h3-9,16,25,27H,10,12H2,1-2H3. The van der Waals surface area contributed by atoms with E-state index in [0.29, 0.717) is 33.2 Å². The highest BCUT2D eigenvalue weighted by Crippen LogP contribution is 2.52. The van der Waals surface area contributed by atoms with Crippen molar-refractivity contribution in [2.24, 2.45) is 0 Å². The van der Waals surface area contributed by atoms with E-state index in [-0.39, 0.29) is 23.8 Å². The van der Waals surface area contributed by atoms with Crippen molar-refractivity contribution in [3.63, 3.8) is 0 Å². The van der Waals surface area contributed by atoms with E-state index in [2.05, 4.69) is 6.07 Å². The SMILES string of the molecule is COc1ccc(C2(O)CSC3=C(C#N)C(c4cccc(O)c4)CC(=O)N32)cc1OC. The molecule has 0 radical (unpaired) electrons. The van der Waals surface area contributed by atoms with Crippen LogP contribution in [-0.4, -0.2) is 41.0 Å². The molecule has 2 aromatic rings. The second-order valence-electron chi connectivity index (χ2n) is 7.09. The van der Waals surface area contributed by atoms with Gasteiger partial charge in [-0.1, -0.05) is 18.2 Å². The number of carbonyl (C=O) groups excluding carboxylic acids is 1. The number of allylic oxidation sites excluding steroid dienone is 1. The van der Waals surface area contributed by atoms with Crippen molar-refractivity contribution in [1.29, 1.82) is 5.26 Å². The lowest BCUT2D eigenvalue weighted by molar-refractivity contribution is -0.149. The third kappa shape index (κ3) is 3.07. The molecule has 2 heterocycles. The number of aromatic hydroxyl groups is 1. The van der Waals surface area contributed by atoms with Crippen LogP contribution in [0.5, 0.6) is 17.2 Å². The van der Waals surface area contributed by atoms with Crippen molar-refractivity contribution in [1.82, 2.24) is 4.90 Å². The molecule has 0 bridgehead atoms. The van der Waals surface area contributed by atoms with E-state index >= 15 is 0 Å². The lowest BCUT2D eigenvalue weighted by Gasteiger charge is -2.38. The first-order valence-corrected chi connectivity index (χ1v) is 10.3. The summed E-state index contributed by atoms with van der Waals surface area (Å²) in [5, 5.41) is 31.7.